The molecule has 0 amide bonds. The summed E-state index contributed by atoms with van der Waals surface area (Å²) in [5.74, 6) is 0. The van der Waals surface area contributed by atoms with Gasteiger partial charge in [-0.1, -0.05) is 28.1 Å². The molecule has 0 aliphatic rings. The maximum Gasteiger partial charge on any atom is 0.416 e. The molecule has 0 aliphatic heterocycles. The number of benzene rings is 2. The smallest absolute Gasteiger partial charge is 0.241 e. The van der Waals surface area contributed by atoms with E-state index in [9.17, 15) is 13.2 Å². The van der Waals surface area contributed by atoms with Gasteiger partial charge in [0.1, 0.15) is 0 Å². The Morgan fingerprint density at radius 1 is 1.05 bits per heavy atom. The molecule has 0 aliphatic carbocycles. The first-order valence-electron chi connectivity index (χ1n) is 6.13. The summed E-state index contributed by atoms with van der Waals surface area (Å²) in [7, 11) is 0. The summed E-state index contributed by atoms with van der Waals surface area (Å²) in [5, 5.41) is 0.892. The SMILES string of the molecule is FC(F)(F)c1ccc(Cc2nc3ccc(Br)cc3s2)cc1. The Morgan fingerprint density at radius 2 is 1.76 bits per heavy atom. The Balaban J connectivity index is 1.84. The summed E-state index contributed by atoms with van der Waals surface area (Å²) in [4.78, 5) is 4.50. The van der Waals surface area contributed by atoms with Crippen LogP contribution in [0.15, 0.2) is 46.9 Å². The topological polar surface area (TPSA) is 12.9 Å². The number of aromatic nitrogens is 1. The van der Waals surface area contributed by atoms with Crippen LogP contribution >= 0.6 is 27.3 Å². The molecule has 0 unspecified atom stereocenters. The molecule has 0 saturated carbocycles. The van der Waals surface area contributed by atoms with Crippen LogP contribution in [0.1, 0.15) is 16.1 Å². The van der Waals surface area contributed by atoms with E-state index in [1.54, 1.807) is 11.3 Å². The van der Waals surface area contributed by atoms with Gasteiger partial charge in [0, 0.05) is 10.9 Å². The van der Waals surface area contributed by atoms with Crippen molar-refractivity contribution in [1.29, 1.82) is 0 Å². The van der Waals surface area contributed by atoms with Crippen molar-refractivity contribution in [1.82, 2.24) is 4.98 Å². The van der Waals surface area contributed by atoms with Gasteiger partial charge >= 0.3 is 6.18 Å². The van der Waals surface area contributed by atoms with Crippen LogP contribution in [0.4, 0.5) is 13.2 Å². The zero-order valence-corrected chi connectivity index (χ0v) is 13.0. The summed E-state index contributed by atoms with van der Waals surface area (Å²) < 4.78 is 39.6. The maximum atomic E-state index is 12.5. The van der Waals surface area contributed by atoms with Crippen molar-refractivity contribution in [2.24, 2.45) is 0 Å². The average molecular weight is 372 g/mol. The number of hydrogen-bond donors (Lipinski definition) is 0. The van der Waals surface area contributed by atoms with Crippen LogP contribution in [0.3, 0.4) is 0 Å². The zero-order chi connectivity index (χ0) is 15.0. The molecule has 108 valence electrons. The van der Waals surface area contributed by atoms with Crippen molar-refractivity contribution in [3.8, 4) is 0 Å². The highest BCUT2D eigenvalue weighted by atomic mass is 79.9. The summed E-state index contributed by atoms with van der Waals surface area (Å²) in [5.41, 5.74) is 1.10. The number of halogens is 4. The molecule has 2 aromatic carbocycles. The third kappa shape index (κ3) is 3.27. The summed E-state index contributed by atoms with van der Waals surface area (Å²) in [6.45, 7) is 0. The minimum atomic E-state index is -4.29. The first-order chi connectivity index (χ1) is 9.91. The molecular formula is C15H9BrF3NS. The fraction of sp³-hybridized carbons (Fsp3) is 0.133. The van der Waals surface area contributed by atoms with Crippen molar-refractivity contribution in [2.45, 2.75) is 12.6 Å². The molecule has 1 nitrogen and oxygen atoms in total. The lowest BCUT2D eigenvalue weighted by Gasteiger charge is -2.06. The summed E-state index contributed by atoms with van der Waals surface area (Å²) >= 11 is 4.96. The molecule has 1 heterocycles. The molecule has 0 saturated heterocycles. The maximum absolute atomic E-state index is 12.5. The third-order valence-electron chi connectivity index (χ3n) is 3.03. The van der Waals surface area contributed by atoms with Gasteiger partial charge in [-0.3, -0.25) is 0 Å². The van der Waals surface area contributed by atoms with E-state index in [0.29, 0.717) is 6.42 Å². The molecular weight excluding hydrogens is 363 g/mol. The van der Waals surface area contributed by atoms with Gasteiger partial charge in [0.15, 0.2) is 0 Å². The third-order valence-corrected chi connectivity index (χ3v) is 4.54. The number of nitrogens with zero attached hydrogens (tertiary/aromatic N) is 1. The molecule has 0 spiro atoms. The van der Waals surface area contributed by atoms with Crippen LogP contribution in [0.2, 0.25) is 0 Å². The van der Waals surface area contributed by atoms with Crippen molar-refractivity contribution in [2.75, 3.05) is 0 Å². The second-order valence-electron chi connectivity index (χ2n) is 4.59. The first-order valence-corrected chi connectivity index (χ1v) is 7.74. The minimum Gasteiger partial charge on any atom is -0.241 e. The van der Waals surface area contributed by atoms with Crippen LogP contribution in [0.5, 0.6) is 0 Å². The van der Waals surface area contributed by atoms with Gasteiger partial charge in [0.25, 0.3) is 0 Å². The van der Waals surface area contributed by atoms with Gasteiger partial charge in [-0.15, -0.1) is 11.3 Å². The predicted octanol–water partition coefficient (Wildman–Crippen LogP) is 5.67. The number of fused-ring (bicyclic) bond motifs is 1. The Hall–Kier alpha value is -1.40. The molecule has 0 fully saturated rings. The highest BCUT2D eigenvalue weighted by molar-refractivity contribution is 9.10. The fourth-order valence-corrected chi connectivity index (χ4v) is 3.56. The van der Waals surface area contributed by atoms with Crippen LogP contribution in [-0.4, -0.2) is 4.98 Å². The monoisotopic (exact) mass is 371 g/mol. The quantitative estimate of drug-likeness (QED) is 0.565. The lowest BCUT2D eigenvalue weighted by atomic mass is 10.1. The molecule has 3 rings (SSSR count). The lowest BCUT2D eigenvalue weighted by molar-refractivity contribution is -0.137. The number of rotatable bonds is 2. The molecule has 0 N–H and O–H groups in total. The van der Waals surface area contributed by atoms with Crippen molar-refractivity contribution in [3.63, 3.8) is 0 Å². The second-order valence-corrected chi connectivity index (χ2v) is 6.62. The van der Waals surface area contributed by atoms with Crippen LogP contribution in [0, 0.1) is 0 Å². The summed E-state index contributed by atoms with van der Waals surface area (Å²) in [6.07, 6.45) is -3.75. The Labute approximate surface area is 131 Å². The van der Waals surface area contributed by atoms with Crippen molar-refractivity contribution >= 4 is 37.5 Å². The molecule has 0 atom stereocenters. The highest BCUT2D eigenvalue weighted by Gasteiger charge is 2.29. The lowest BCUT2D eigenvalue weighted by Crippen LogP contribution is -2.04. The van der Waals surface area contributed by atoms with E-state index in [2.05, 4.69) is 20.9 Å². The van der Waals surface area contributed by atoms with E-state index in [1.165, 1.54) is 12.1 Å². The van der Waals surface area contributed by atoms with Gasteiger partial charge in [-0.25, -0.2) is 4.98 Å². The van der Waals surface area contributed by atoms with Gasteiger partial charge in [-0.2, -0.15) is 13.2 Å². The molecule has 0 radical (unpaired) electrons. The molecule has 1 aromatic heterocycles. The molecule has 0 bridgehead atoms. The minimum absolute atomic E-state index is 0.537. The van der Waals surface area contributed by atoms with Gasteiger partial charge in [-0.05, 0) is 35.9 Å². The van der Waals surface area contributed by atoms with Gasteiger partial charge in [0.2, 0.25) is 0 Å². The van der Waals surface area contributed by atoms with E-state index < -0.39 is 11.7 Å². The van der Waals surface area contributed by atoms with E-state index in [-0.39, 0.29) is 0 Å². The van der Waals surface area contributed by atoms with Crippen LogP contribution in [-0.2, 0) is 12.6 Å². The summed E-state index contributed by atoms with van der Waals surface area (Å²) in [6, 6.07) is 11.1. The van der Waals surface area contributed by atoms with Crippen molar-refractivity contribution < 1.29 is 13.2 Å². The number of hydrogen-bond acceptors (Lipinski definition) is 2. The normalized spacial score (nSPS) is 12.0. The van der Waals surface area contributed by atoms with Crippen LogP contribution in [0.25, 0.3) is 10.2 Å². The number of alkyl halides is 3. The largest absolute Gasteiger partial charge is 0.416 e. The molecule has 6 heteroatoms. The second kappa shape index (κ2) is 5.42. The fourth-order valence-electron chi connectivity index (χ4n) is 2.01. The Kier molecular flexibility index (Phi) is 3.75. The van der Waals surface area contributed by atoms with Gasteiger partial charge in [0.05, 0.1) is 20.8 Å². The molecule has 21 heavy (non-hydrogen) atoms. The predicted molar refractivity (Wildman–Crippen MR) is 81.6 cm³/mol. The van der Waals surface area contributed by atoms with E-state index >= 15 is 0 Å². The molecule has 3 aromatic rings. The van der Waals surface area contributed by atoms with Crippen molar-refractivity contribution in [3.05, 3.63) is 63.1 Å². The van der Waals surface area contributed by atoms with E-state index in [0.717, 1.165) is 37.4 Å². The van der Waals surface area contributed by atoms with Gasteiger partial charge < -0.3 is 0 Å². The Morgan fingerprint density at radius 3 is 2.43 bits per heavy atom. The van der Waals surface area contributed by atoms with E-state index in [4.69, 9.17) is 0 Å². The zero-order valence-electron chi connectivity index (χ0n) is 10.6. The first kappa shape index (κ1) is 14.5. The van der Waals surface area contributed by atoms with Crippen LogP contribution < -0.4 is 0 Å². The van der Waals surface area contributed by atoms with E-state index in [1.807, 2.05) is 18.2 Å². The standard InChI is InChI=1S/C15H9BrF3NS/c16-11-5-6-12-13(8-11)21-14(20-12)7-9-1-3-10(4-2-9)15(17,18)19/h1-6,8H,7H2. The number of thiazole rings is 1. The average Bonchev–Trinajstić information content (AvgIpc) is 2.79. The Bertz CT molecular complexity index is 778. The highest BCUT2D eigenvalue weighted by Crippen LogP contribution is 2.30.